The minimum Gasteiger partial charge on any atom is -0.0776 e. The Hall–Kier alpha value is 0. The standard InChI is InChI=1S/C11H24.6C10H22.4C9H20.4C8H18.3CH4/c1-7-10(8-9(2)3)11(4,5)6;1-9(2)7-6-8-10(3,4)5;1-7-8-10(5,6)9(2,3)4;1-7-9(8(2)3)10(4,5)6;1-6-7-8-9(2)10(3,4)5;1-6-8-9(7-2)10(3,4)5;1-5-6-7-8-9-10(2,3)4;1-8(2,3)7-9(4,5)6;1-8(2)6-7-9(3,4)5;1-6-7-8(2)9(3,4)5;1-5-6-7-8-9(2,3)4;1-7(2)6-8(3,4)5;1-7(2,3)8(4,5)6;1-6-7(2)8(3,4)5;1-5-6-7-8(2,3)4;;;/h9-10H,7-8H2,1-6H3;9H,6-8H2,1-5H3;7-8H2,1-6H3;8-9H,7H2,1-6H3;2*9H,6-8H2,1-5H3;5-9H2,1-4H3;7H2,1-6H3;2*8H,6-7H2,1-5H3;5-8H2,1-4H3;7H,6H2,1-5H3;1-6H3;7H,6H2,1-5H3;5-7H2,1-4H3;3*1H4. The minimum atomic E-state index is 0. The molecule has 0 aromatic heterocycles. The van der Waals surface area contributed by atoms with Crippen molar-refractivity contribution < 1.29 is 0 Å². The van der Waals surface area contributed by atoms with E-state index in [0.717, 1.165) is 65.1 Å². The SMILES string of the molecule is C.C.C.CC(C)(C)C(C)(C)C.CC(C)(C)CC(C)(C)C.CC(C)CC(C)(C)C.CC(C)CCC(C)(C)C.CC(C)CCCC(C)(C)C.CCC(C(C)C)C(C)(C)C.CCC(C)C(C)(C)C.CCC(CC(C)C)C(C)(C)C.CCCC(C)(C)C(C)(C)C.CCCC(C)C(C)(C)C.CCCC(CC)C(C)(C)C.CCCCC(C)(C)C.CCCCC(C)C(C)(C)C.CCCCCC(C)(C)C.CCCCCCC(C)(C)C. The molecule has 0 fully saturated rings. The summed E-state index contributed by atoms with van der Waals surface area (Å²) >= 11 is 0. The van der Waals surface area contributed by atoms with Gasteiger partial charge < -0.3 is 0 Å². The Morgan fingerprint density at radius 2 is 0.465 bits per heavy atom. The highest BCUT2D eigenvalue weighted by atomic mass is 14.4. The van der Waals surface area contributed by atoms with Gasteiger partial charge in [0.1, 0.15) is 0 Å². The molecule has 6 unspecified atom stereocenters. The number of rotatable bonds is 31. The first kappa shape index (κ1) is 184. The number of unbranched alkanes of at least 4 members (excludes halogenated alkanes) is 7. The molecule has 0 spiro atoms. The zero-order valence-corrected chi connectivity index (χ0v) is 116. The quantitative estimate of drug-likeness (QED) is 0.0607. The third-order valence-electron chi connectivity index (χ3n) is 29.0. The molecule has 0 aliphatic heterocycles. The Morgan fingerprint density at radius 1 is 0.176 bits per heavy atom. The summed E-state index contributed by atoms with van der Waals surface area (Å²) in [7, 11) is 0. The molecular formula is C142H320. The van der Waals surface area contributed by atoms with Crippen LogP contribution in [0.15, 0.2) is 0 Å². The molecule has 0 aliphatic rings. The van der Waals surface area contributed by atoms with Crippen LogP contribution in [0, 0.1) is 163 Å². The van der Waals surface area contributed by atoms with Gasteiger partial charge in [-0.1, -0.05) is 710 Å². The topological polar surface area (TPSA) is 0 Å². The second-order valence-electron chi connectivity index (χ2n) is 66.4. The zero-order valence-electron chi connectivity index (χ0n) is 116. The molecule has 0 heteroatoms. The fourth-order valence-electron chi connectivity index (χ4n) is 16.1. The second kappa shape index (κ2) is 91.3. The van der Waals surface area contributed by atoms with Gasteiger partial charge in [0.25, 0.3) is 0 Å². The fourth-order valence-corrected chi connectivity index (χ4v) is 16.1. The van der Waals surface area contributed by atoms with Crippen LogP contribution in [0.5, 0.6) is 0 Å². The van der Waals surface area contributed by atoms with Crippen molar-refractivity contribution in [1.29, 1.82) is 0 Å². The zero-order chi connectivity index (χ0) is 116. The molecular weight excluding hydrogens is 1710 g/mol. The maximum Gasteiger partial charge on any atom is -0.0306 e. The predicted octanol–water partition coefficient (Wildman–Crippen LogP) is 55.6. The van der Waals surface area contributed by atoms with E-state index in [0.29, 0.717) is 97.5 Å². The summed E-state index contributed by atoms with van der Waals surface area (Å²) < 4.78 is 0. The van der Waals surface area contributed by atoms with E-state index in [1.807, 2.05) is 0 Å². The molecule has 0 saturated carbocycles. The molecule has 888 valence electrons. The van der Waals surface area contributed by atoms with Crippen molar-refractivity contribution in [2.45, 2.75) is 767 Å². The van der Waals surface area contributed by atoms with E-state index in [-0.39, 0.29) is 22.3 Å². The van der Waals surface area contributed by atoms with Crippen molar-refractivity contribution in [2.75, 3.05) is 0 Å². The van der Waals surface area contributed by atoms with Crippen LogP contribution in [0.2, 0.25) is 0 Å². The lowest BCUT2D eigenvalue weighted by atomic mass is 9.67. The third kappa shape index (κ3) is 170. The summed E-state index contributed by atoms with van der Waals surface area (Å²) in [4.78, 5) is 0. The maximum atomic E-state index is 2.36. The summed E-state index contributed by atoms with van der Waals surface area (Å²) in [5.41, 5.74) is 9.06. The van der Waals surface area contributed by atoms with E-state index in [2.05, 4.69) is 533 Å². The summed E-state index contributed by atoms with van der Waals surface area (Å²) in [5.74, 6) is 9.51. The van der Waals surface area contributed by atoms with Gasteiger partial charge in [-0.3, -0.25) is 0 Å². The van der Waals surface area contributed by atoms with Crippen LogP contribution in [0.4, 0.5) is 0 Å². The predicted molar refractivity (Wildman–Crippen MR) is 692 cm³/mol. The molecule has 0 nitrogen and oxygen atoms in total. The average Bonchev–Trinajstić information content (AvgIpc) is 0.844. The summed E-state index contributed by atoms with van der Waals surface area (Å²) in [5, 5.41) is 0. The smallest absolute Gasteiger partial charge is 0.0306 e. The molecule has 0 radical (unpaired) electrons. The largest absolute Gasteiger partial charge is 0.0776 e. The highest BCUT2D eigenvalue weighted by molar-refractivity contribution is 4.83. The Kier molecular flexibility index (Phi) is 118. The van der Waals surface area contributed by atoms with Crippen LogP contribution >= 0.6 is 0 Å². The van der Waals surface area contributed by atoms with Crippen LogP contribution in [0.1, 0.15) is 767 Å². The van der Waals surface area contributed by atoms with E-state index < -0.39 is 0 Å². The molecule has 0 aromatic carbocycles. The monoisotopic (exact) mass is 2030 g/mol. The minimum absolute atomic E-state index is 0. The van der Waals surface area contributed by atoms with E-state index >= 15 is 0 Å². The summed E-state index contributed by atoms with van der Waals surface area (Å²) in [6.07, 6.45) is 44.8. The van der Waals surface area contributed by atoms with Gasteiger partial charge in [-0.2, -0.15) is 0 Å². The van der Waals surface area contributed by atoms with E-state index in [9.17, 15) is 0 Å². The van der Waals surface area contributed by atoms with Gasteiger partial charge in [0.05, 0.1) is 0 Å². The summed E-state index contributed by atoms with van der Waals surface area (Å²) in [6, 6.07) is 0. The average molecular weight is 2030 g/mol. The molecule has 0 rings (SSSR count). The van der Waals surface area contributed by atoms with Crippen LogP contribution in [0.3, 0.4) is 0 Å². The van der Waals surface area contributed by atoms with Crippen molar-refractivity contribution in [3.8, 4) is 0 Å². The van der Waals surface area contributed by atoms with Gasteiger partial charge >= 0.3 is 0 Å². The fraction of sp³-hybridized carbons (Fsp3) is 1.00. The Labute approximate surface area is 923 Å². The third-order valence-corrected chi connectivity index (χ3v) is 29.0. The Bertz CT molecular complexity index is 2390. The highest BCUT2D eigenvalue weighted by Gasteiger charge is 2.33. The molecule has 0 heterocycles. The van der Waals surface area contributed by atoms with Gasteiger partial charge in [-0.05, 0) is 220 Å². The number of hydrogen-bond acceptors (Lipinski definition) is 0. The van der Waals surface area contributed by atoms with Crippen molar-refractivity contribution in [3.05, 3.63) is 0 Å². The molecule has 0 aliphatic carbocycles. The lowest BCUT2D eigenvalue weighted by molar-refractivity contribution is 0.119. The van der Waals surface area contributed by atoms with Gasteiger partial charge in [-0.25, -0.2) is 0 Å². The molecule has 0 saturated heterocycles. The Balaban J connectivity index is -0.0000000725. The van der Waals surface area contributed by atoms with Crippen LogP contribution in [0.25, 0.3) is 0 Å². The first-order valence-electron chi connectivity index (χ1n) is 60.9. The lowest BCUT2D eigenvalue weighted by Crippen LogP contribution is -2.29. The van der Waals surface area contributed by atoms with Crippen molar-refractivity contribution in [3.63, 3.8) is 0 Å². The van der Waals surface area contributed by atoms with Crippen LogP contribution in [-0.4, -0.2) is 0 Å². The van der Waals surface area contributed by atoms with Crippen molar-refractivity contribution >= 4 is 0 Å². The van der Waals surface area contributed by atoms with Crippen molar-refractivity contribution in [2.24, 2.45) is 163 Å². The molecule has 6 atom stereocenters. The van der Waals surface area contributed by atoms with Crippen LogP contribution in [-0.2, 0) is 0 Å². The first-order valence-corrected chi connectivity index (χ1v) is 60.9. The van der Waals surface area contributed by atoms with E-state index in [1.165, 1.54) is 212 Å². The number of hydrogen-bond donors (Lipinski definition) is 0. The van der Waals surface area contributed by atoms with E-state index in [4.69, 9.17) is 0 Å². The molecule has 0 bridgehead atoms. The maximum absolute atomic E-state index is 2.36. The molecule has 0 amide bonds. The molecule has 142 heavy (non-hydrogen) atoms. The molecule has 0 N–H and O–H groups in total. The highest BCUT2D eigenvalue weighted by Crippen LogP contribution is 2.43. The van der Waals surface area contributed by atoms with Gasteiger partial charge in [0.2, 0.25) is 0 Å². The Morgan fingerprint density at radius 3 is 0.592 bits per heavy atom. The normalized spacial score (nSPS) is 13.7. The van der Waals surface area contributed by atoms with Crippen LogP contribution < -0.4 is 0 Å². The van der Waals surface area contributed by atoms with Gasteiger partial charge in [0.15, 0.2) is 0 Å². The summed E-state index contributed by atoms with van der Waals surface area (Å²) in [6.45, 7) is 177. The van der Waals surface area contributed by atoms with Crippen molar-refractivity contribution in [1.82, 2.24) is 0 Å². The first-order chi connectivity index (χ1) is 60.9. The van der Waals surface area contributed by atoms with E-state index in [1.54, 1.807) is 0 Å². The molecule has 0 aromatic rings. The second-order valence-corrected chi connectivity index (χ2v) is 66.4. The van der Waals surface area contributed by atoms with Gasteiger partial charge in [0, 0.05) is 0 Å². The van der Waals surface area contributed by atoms with Gasteiger partial charge in [-0.15, -0.1) is 0 Å². The lowest BCUT2D eigenvalue weighted by Gasteiger charge is -2.38.